The van der Waals surface area contributed by atoms with Crippen LogP contribution in [0.3, 0.4) is 0 Å². The predicted octanol–water partition coefficient (Wildman–Crippen LogP) is 4.12. The number of hydrogen-bond acceptors (Lipinski definition) is 3. The number of nitrogens with zero attached hydrogens (tertiary/aromatic N) is 1. The predicted molar refractivity (Wildman–Crippen MR) is 97.6 cm³/mol. The van der Waals surface area contributed by atoms with E-state index in [4.69, 9.17) is 4.74 Å². The van der Waals surface area contributed by atoms with Crippen molar-refractivity contribution in [2.45, 2.75) is 37.2 Å². The van der Waals surface area contributed by atoms with E-state index in [9.17, 15) is 8.42 Å². The molecular formula is C18H20BrNO3S. The minimum Gasteiger partial charge on any atom is -0.497 e. The first kappa shape index (κ1) is 17.5. The maximum absolute atomic E-state index is 13.2. The summed E-state index contributed by atoms with van der Waals surface area (Å²) in [6.07, 6.45) is 1.84. The number of aryl methyl sites for hydroxylation is 1. The van der Waals surface area contributed by atoms with Gasteiger partial charge in [-0.1, -0.05) is 34.1 Å². The van der Waals surface area contributed by atoms with Crippen molar-refractivity contribution >= 4 is 26.0 Å². The minimum absolute atomic E-state index is 0.0930. The van der Waals surface area contributed by atoms with Crippen molar-refractivity contribution in [1.29, 1.82) is 0 Å². The van der Waals surface area contributed by atoms with Crippen LogP contribution < -0.4 is 4.74 Å². The van der Waals surface area contributed by atoms with E-state index >= 15 is 0 Å². The summed E-state index contributed by atoms with van der Waals surface area (Å²) in [5, 5.41) is 0. The van der Waals surface area contributed by atoms with E-state index < -0.39 is 10.0 Å². The molecule has 0 atom stereocenters. The van der Waals surface area contributed by atoms with Crippen molar-refractivity contribution in [3.8, 4) is 5.75 Å². The Hall–Kier alpha value is -1.37. The maximum Gasteiger partial charge on any atom is 0.243 e. The molecule has 0 radical (unpaired) electrons. The lowest BCUT2D eigenvalue weighted by Crippen LogP contribution is -2.33. The van der Waals surface area contributed by atoms with Crippen LogP contribution in [0.4, 0.5) is 0 Å². The summed E-state index contributed by atoms with van der Waals surface area (Å²) in [4.78, 5) is 0.372. The monoisotopic (exact) mass is 409 g/mol. The molecule has 0 heterocycles. The van der Waals surface area contributed by atoms with E-state index in [2.05, 4.69) is 15.9 Å². The molecule has 3 rings (SSSR count). The molecule has 1 aliphatic rings. The third-order valence-electron chi connectivity index (χ3n) is 4.19. The molecule has 0 N–H and O–H groups in total. The smallest absolute Gasteiger partial charge is 0.243 e. The van der Waals surface area contributed by atoms with E-state index in [1.54, 1.807) is 17.5 Å². The Morgan fingerprint density at radius 1 is 1.17 bits per heavy atom. The number of halogens is 1. The summed E-state index contributed by atoms with van der Waals surface area (Å²) in [6.45, 7) is 2.21. The fraction of sp³-hybridized carbons (Fsp3) is 0.333. The second kappa shape index (κ2) is 6.86. The average molecular weight is 410 g/mol. The zero-order valence-corrected chi connectivity index (χ0v) is 16.1. The van der Waals surface area contributed by atoms with Crippen molar-refractivity contribution in [3.05, 3.63) is 58.1 Å². The van der Waals surface area contributed by atoms with Crippen molar-refractivity contribution < 1.29 is 13.2 Å². The van der Waals surface area contributed by atoms with Gasteiger partial charge in [0.25, 0.3) is 0 Å². The van der Waals surface area contributed by atoms with Crippen molar-refractivity contribution in [2.75, 3.05) is 7.11 Å². The Morgan fingerprint density at radius 2 is 1.83 bits per heavy atom. The molecule has 0 saturated heterocycles. The number of benzene rings is 2. The van der Waals surface area contributed by atoms with Gasteiger partial charge in [-0.05, 0) is 55.2 Å². The Balaban J connectivity index is 1.93. The average Bonchev–Trinajstić information content (AvgIpc) is 3.40. The first-order chi connectivity index (χ1) is 11.4. The SMILES string of the molecule is COc1ccc(CN(C2CC2)S(=O)(=O)c2cc(Br)ccc2C)cc1. The maximum atomic E-state index is 13.2. The quantitative estimate of drug-likeness (QED) is 0.720. The summed E-state index contributed by atoms with van der Waals surface area (Å²) in [5.74, 6) is 0.766. The highest BCUT2D eigenvalue weighted by atomic mass is 79.9. The van der Waals surface area contributed by atoms with Gasteiger partial charge in [0.2, 0.25) is 10.0 Å². The minimum atomic E-state index is -3.53. The molecule has 1 fully saturated rings. The van der Waals surface area contributed by atoms with E-state index in [0.717, 1.165) is 34.2 Å². The van der Waals surface area contributed by atoms with Gasteiger partial charge < -0.3 is 4.74 Å². The lowest BCUT2D eigenvalue weighted by Gasteiger charge is -2.23. The van der Waals surface area contributed by atoms with Gasteiger partial charge in [0.05, 0.1) is 12.0 Å². The van der Waals surface area contributed by atoms with Crippen LogP contribution in [0.15, 0.2) is 51.8 Å². The molecule has 0 amide bonds. The highest BCUT2D eigenvalue weighted by Crippen LogP contribution is 2.35. The molecular weight excluding hydrogens is 390 g/mol. The van der Waals surface area contributed by atoms with Crippen LogP contribution in [0.5, 0.6) is 5.75 Å². The molecule has 2 aromatic rings. The summed E-state index contributed by atoms with van der Waals surface area (Å²) < 4.78 is 34.0. The fourth-order valence-corrected chi connectivity index (χ4v) is 5.10. The van der Waals surface area contributed by atoms with E-state index in [-0.39, 0.29) is 6.04 Å². The second-order valence-electron chi connectivity index (χ2n) is 6.04. The van der Waals surface area contributed by atoms with E-state index in [1.807, 2.05) is 43.3 Å². The first-order valence-electron chi connectivity index (χ1n) is 7.83. The topological polar surface area (TPSA) is 46.6 Å². The molecule has 1 aliphatic carbocycles. The van der Waals surface area contributed by atoms with Crippen LogP contribution in [0.1, 0.15) is 24.0 Å². The molecule has 128 valence electrons. The molecule has 6 heteroatoms. The molecule has 0 bridgehead atoms. The number of rotatable bonds is 6. The summed E-state index contributed by atoms with van der Waals surface area (Å²) in [5.41, 5.74) is 1.72. The van der Waals surface area contributed by atoms with Crippen LogP contribution in [-0.2, 0) is 16.6 Å². The molecule has 1 saturated carbocycles. The van der Waals surface area contributed by atoms with Gasteiger partial charge in [0, 0.05) is 17.1 Å². The Kier molecular flexibility index (Phi) is 4.99. The van der Waals surface area contributed by atoms with Gasteiger partial charge in [-0.25, -0.2) is 8.42 Å². The van der Waals surface area contributed by atoms with Gasteiger partial charge in [-0.3, -0.25) is 0 Å². The third-order valence-corrected chi connectivity index (χ3v) is 6.72. The summed E-state index contributed by atoms with van der Waals surface area (Å²) >= 11 is 3.38. The lowest BCUT2D eigenvalue weighted by atomic mass is 10.2. The van der Waals surface area contributed by atoms with Gasteiger partial charge >= 0.3 is 0 Å². The molecule has 0 aromatic heterocycles. The molecule has 0 spiro atoms. The highest BCUT2D eigenvalue weighted by Gasteiger charge is 2.38. The van der Waals surface area contributed by atoms with E-state index in [0.29, 0.717) is 11.4 Å². The Morgan fingerprint density at radius 3 is 2.42 bits per heavy atom. The normalized spacial score (nSPS) is 14.8. The molecule has 4 nitrogen and oxygen atoms in total. The largest absolute Gasteiger partial charge is 0.497 e. The molecule has 24 heavy (non-hydrogen) atoms. The number of ether oxygens (including phenoxy) is 1. The van der Waals surface area contributed by atoms with Crippen LogP contribution >= 0.6 is 15.9 Å². The van der Waals surface area contributed by atoms with Crippen LogP contribution in [-0.4, -0.2) is 25.9 Å². The molecule has 2 aromatic carbocycles. The summed E-state index contributed by atoms with van der Waals surface area (Å²) in [7, 11) is -1.92. The van der Waals surface area contributed by atoms with Crippen molar-refractivity contribution in [1.82, 2.24) is 4.31 Å². The number of sulfonamides is 1. The number of hydrogen-bond donors (Lipinski definition) is 0. The zero-order chi connectivity index (χ0) is 17.3. The first-order valence-corrected chi connectivity index (χ1v) is 10.1. The second-order valence-corrected chi connectivity index (χ2v) is 8.81. The van der Waals surface area contributed by atoms with Crippen molar-refractivity contribution in [2.24, 2.45) is 0 Å². The highest BCUT2D eigenvalue weighted by molar-refractivity contribution is 9.10. The fourth-order valence-electron chi connectivity index (χ4n) is 2.66. The standard InChI is InChI=1S/C18H20BrNO3S/c1-13-3-6-15(19)11-18(13)24(21,22)20(16-7-8-16)12-14-4-9-17(23-2)10-5-14/h3-6,9-11,16H,7-8,12H2,1-2H3. The Bertz CT molecular complexity index is 830. The summed E-state index contributed by atoms with van der Waals surface area (Å²) in [6, 6.07) is 13.0. The van der Waals surface area contributed by atoms with Crippen LogP contribution in [0.2, 0.25) is 0 Å². The Labute approximate surface area is 151 Å². The van der Waals surface area contributed by atoms with Gasteiger partial charge in [-0.2, -0.15) is 4.31 Å². The molecule has 0 unspecified atom stereocenters. The van der Waals surface area contributed by atoms with Crippen LogP contribution in [0, 0.1) is 6.92 Å². The van der Waals surface area contributed by atoms with Gasteiger partial charge in [-0.15, -0.1) is 0 Å². The third kappa shape index (κ3) is 3.66. The lowest BCUT2D eigenvalue weighted by molar-refractivity contribution is 0.396. The molecule has 0 aliphatic heterocycles. The van der Waals surface area contributed by atoms with Gasteiger partial charge in [0.15, 0.2) is 0 Å². The van der Waals surface area contributed by atoms with E-state index in [1.165, 1.54) is 0 Å². The van der Waals surface area contributed by atoms with Crippen LogP contribution in [0.25, 0.3) is 0 Å². The zero-order valence-electron chi connectivity index (χ0n) is 13.7. The van der Waals surface area contributed by atoms with Crippen molar-refractivity contribution in [3.63, 3.8) is 0 Å². The van der Waals surface area contributed by atoms with Gasteiger partial charge in [0.1, 0.15) is 5.75 Å². The number of methoxy groups -OCH3 is 1.